The SMILES string of the molecule is NCC(COc1ccc(Br)cc1)c1ccccn1. The van der Waals surface area contributed by atoms with Crippen LogP contribution in [0.5, 0.6) is 5.75 Å². The summed E-state index contributed by atoms with van der Waals surface area (Å²) in [5.74, 6) is 0.961. The fourth-order valence-electron chi connectivity index (χ4n) is 1.62. The van der Waals surface area contributed by atoms with Crippen molar-refractivity contribution in [2.24, 2.45) is 5.73 Å². The van der Waals surface area contributed by atoms with Gasteiger partial charge in [-0.15, -0.1) is 0 Å². The molecular formula is C14H15BrN2O. The molecule has 1 heterocycles. The first-order valence-electron chi connectivity index (χ1n) is 5.79. The Balaban J connectivity index is 1.97. The van der Waals surface area contributed by atoms with Gasteiger partial charge in [-0.25, -0.2) is 0 Å². The molecule has 1 unspecified atom stereocenters. The second kappa shape index (κ2) is 6.52. The third-order valence-corrected chi connectivity index (χ3v) is 3.18. The number of benzene rings is 1. The zero-order valence-electron chi connectivity index (χ0n) is 9.92. The lowest BCUT2D eigenvalue weighted by Crippen LogP contribution is -2.20. The molecule has 0 bridgehead atoms. The van der Waals surface area contributed by atoms with Crippen LogP contribution in [0.2, 0.25) is 0 Å². The van der Waals surface area contributed by atoms with Crippen molar-refractivity contribution in [2.75, 3.05) is 13.2 Å². The van der Waals surface area contributed by atoms with Crippen LogP contribution in [0, 0.1) is 0 Å². The molecule has 0 saturated heterocycles. The van der Waals surface area contributed by atoms with Gasteiger partial charge in [0.15, 0.2) is 0 Å². The van der Waals surface area contributed by atoms with Gasteiger partial charge in [0.25, 0.3) is 0 Å². The minimum Gasteiger partial charge on any atom is -0.493 e. The number of pyridine rings is 1. The first kappa shape index (κ1) is 13.1. The molecule has 2 aromatic rings. The number of aromatic nitrogens is 1. The zero-order chi connectivity index (χ0) is 12.8. The van der Waals surface area contributed by atoms with Crippen LogP contribution in [0.1, 0.15) is 11.6 Å². The lowest BCUT2D eigenvalue weighted by molar-refractivity contribution is 0.288. The van der Waals surface area contributed by atoms with Crippen molar-refractivity contribution in [3.8, 4) is 5.75 Å². The lowest BCUT2D eigenvalue weighted by Gasteiger charge is -2.15. The van der Waals surface area contributed by atoms with E-state index in [2.05, 4.69) is 20.9 Å². The third-order valence-electron chi connectivity index (χ3n) is 2.66. The molecule has 0 aliphatic rings. The highest BCUT2D eigenvalue weighted by Crippen LogP contribution is 2.18. The van der Waals surface area contributed by atoms with Gasteiger partial charge in [0, 0.05) is 28.8 Å². The van der Waals surface area contributed by atoms with E-state index in [0.29, 0.717) is 13.2 Å². The molecule has 0 fully saturated rings. The van der Waals surface area contributed by atoms with Crippen LogP contribution in [0.25, 0.3) is 0 Å². The van der Waals surface area contributed by atoms with E-state index in [-0.39, 0.29) is 5.92 Å². The van der Waals surface area contributed by atoms with Crippen molar-refractivity contribution in [3.63, 3.8) is 0 Å². The average molecular weight is 307 g/mol. The normalized spacial score (nSPS) is 12.1. The van der Waals surface area contributed by atoms with E-state index in [1.54, 1.807) is 6.20 Å². The third kappa shape index (κ3) is 3.55. The largest absolute Gasteiger partial charge is 0.493 e. The molecule has 0 radical (unpaired) electrons. The van der Waals surface area contributed by atoms with Gasteiger partial charge in [-0.3, -0.25) is 4.98 Å². The summed E-state index contributed by atoms with van der Waals surface area (Å²) >= 11 is 3.39. The zero-order valence-corrected chi connectivity index (χ0v) is 11.5. The summed E-state index contributed by atoms with van der Waals surface area (Å²) in [6, 6.07) is 13.6. The maximum Gasteiger partial charge on any atom is 0.119 e. The van der Waals surface area contributed by atoms with Gasteiger partial charge in [-0.1, -0.05) is 22.0 Å². The molecule has 4 heteroatoms. The van der Waals surface area contributed by atoms with E-state index in [1.165, 1.54) is 0 Å². The highest BCUT2D eigenvalue weighted by Gasteiger charge is 2.11. The monoisotopic (exact) mass is 306 g/mol. The summed E-state index contributed by atoms with van der Waals surface area (Å²) in [5.41, 5.74) is 6.74. The van der Waals surface area contributed by atoms with E-state index < -0.39 is 0 Å². The van der Waals surface area contributed by atoms with Gasteiger partial charge >= 0.3 is 0 Å². The smallest absolute Gasteiger partial charge is 0.119 e. The standard InChI is InChI=1S/C14H15BrN2O/c15-12-4-6-13(7-5-12)18-10-11(9-16)14-3-1-2-8-17-14/h1-8,11H,9-10,16H2. The molecule has 1 aromatic heterocycles. The molecule has 0 amide bonds. The molecule has 2 rings (SSSR count). The van der Waals surface area contributed by atoms with Crippen LogP contribution in [-0.2, 0) is 0 Å². The van der Waals surface area contributed by atoms with Crippen molar-refractivity contribution < 1.29 is 4.74 Å². The highest BCUT2D eigenvalue weighted by molar-refractivity contribution is 9.10. The molecule has 18 heavy (non-hydrogen) atoms. The van der Waals surface area contributed by atoms with Crippen molar-refractivity contribution in [1.82, 2.24) is 4.98 Å². The number of ether oxygens (including phenoxy) is 1. The topological polar surface area (TPSA) is 48.1 Å². The molecule has 94 valence electrons. The van der Waals surface area contributed by atoms with Crippen molar-refractivity contribution in [2.45, 2.75) is 5.92 Å². The Morgan fingerprint density at radius 1 is 1.17 bits per heavy atom. The Kier molecular flexibility index (Phi) is 4.73. The molecule has 0 spiro atoms. The van der Waals surface area contributed by atoms with Crippen molar-refractivity contribution in [3.05, 3.63) is 58.8 Å². The van der Waals surface area contributed by atoms with Crippen LogP contribution < -0.4 is 10.5 Å². The molecule has 0 saturated carbocycles. The molecule has 3 nitrogen and oxygen atoms in total. The summed E-state index contributed by atoms with van der Waals surface area (Å²) in [5, 5.41) is 0. The Bertz CT molecular complexity index is 473. The van der Waals surface area contributed by atoms with Gasteiger partial charge in [0.1, 0.15) is 5.75 Å². The van der Waals surface area contributed by atoms with Crippen LogP contribution in [0.4, 0.5) is 0 Å². The van der Waals surface area contributed by atoms with Gasteiger partial charge in [0.2, 0.25) is 0 Å². The number of nitrogens with two attached hydrogens (primary N) is 1. The van der Waals surface area contributed by atoms with Gasteiger partial charge < -0.3 is 10.5 Å². The van der Waals surface area contributed by atoms with Crippen LogP contribution in [-0.4, -0.2) is 18.1 Å². The van der Waals surface area contributed by atoms with Crippen LogP contribution in [0.15, 0.2) is 53.1 Å². The number of rotatable bonds is 5. The molecule has 2 N–H and O–H groups in total. The van der Waals surface area contributed by atoms with E-state index in [0.717, 1.165) is 15.9 Å². The maximum atomic E-state index is 5.77. The second-order valence-corrected chi connectivity index (χ2v) is 4.87. The Hall–Kier alpha value is -1.39. The van der Waals surface area contributed by atoms with Crippen molar-refractivity contribution in [1.29, 1.82) is 0 Å². The highest BCUT2D eigenvalue weighted by atomic mass is 79.9. The Morgan fingerprint density at radius 2 is 1.94 bits per heavy atom. The summed E-state index contributed by atoms with van der Waals surface area (Å²) < 4.78 is 6.76. The number of hydrogen-bond acceptors (Lipinski definition) is 3. The van der Waals surface area contributed by atoms with Crippen LogP contribution >= 0.6 is 15.9 Å². The number of nitrogens with zero attached hydrogens (tertiary/aromatic N) is 1. The molecule has 0 aliphatic heterocycles. The van der Waals surface area contributed by atoms with Crippen LogP contribution in [0.3, 0.4) is 0 Å². The minimum absolute atomic E-state index is 0.120. The Labute approximate surface area is 115 Å². The fourth-order valence-corrected chi connectivity index (χ4v) is 1.88. The fraction of sp³-hybridized carbons (Fsp3) is 0.214. The summed E-state index contributed by atoms with van der Waals surface area (Å²) in [7, 11) is 0. The summed E-state index contributed by atoms with van der Waals surface area (Å²) in [6.45, 7) is 1.06. The van der Waals surface area contributed by atoms with Gasteiger partial charge in [-0.2, -0.15) is 0 Å². The average Bonchev–Trinajstić information content (AvgIpc) is 2.43. The van der Waals surface area contributed by atoms with E-state index in [1.807, 2.05) is 42.5 Å². The Morgan fingerprint density at radius 3 is 2.56 bits per heavy atom. The minimum atomic E-state index is 0.120. The molecular weight excluding hydrogens is 292 g/mol. The molecule has 1 atom stereocenters. The summed E-state index contributed by atoms with van der Waals surface area (Å²) in [6.07, 6.45) is 1.78. The quantitative estimate of drug-likeness (QED) is 0.924. The first-order valence-corrected chi connectivity index (χ1v) is 6.58. The van der Waals surface area contributed by atoms with E-state index in [9.17, 15) is 0 Å². The van der Waals surface area contributed by atoms with Crippen molar-refractivity contribution >= 4 is 15.9 Å². The first-order chi connectivity index (χ1) is 8.79. The molecule has 1 aromatic carbocycles. The second-order valence-electron chi connectivity index (χ2n) is 3.95. The van der Waals surface area contributed by atoms with E-state index >= 15 is 0 Å². The number of hydrogen-bond donors (Lipinski definition) is 1. The maximum absolute atomic E-state index is 5.77. The number of halogens is 1. The molecule has 0 aliphatic carbocycles. The summed E-state index contributed by atoms with van der Waals surface area (Å²) in [4.78, 5) is 4.31. The lowest BCUT2D eigenvalue weighted by atomic mass is 10.1. The van der Waals surface area contributed by atoms with E-state index in [4.69, 9.17) is 10.5 Å². The van der Waals surface area contributed by atoms with Gasteiger partial charge in [-0.05, 0) is 36.4 Å². The predicted molar refractivity (Wildman–Crippen MR) is 75.7 cm³/mol. The predicted octanol–water partition coefficient (Wildman–Crippen LogP) is 2.97. The van der Waals surface area contributed by atoms with Gasteiger partial charge in [0.05, 0.1) is 6.61 Å².